The van der Waals surface area contributed by atoms with Crippen molar-refractivity contribution >= 4 is 16.7 Å². The van der Waals surface area contributed by atoms with Gasteiger partial charge in [0.15, 0.2) is 0 Å². The molecule has 0 aromatic carbocycles. The summed E-state index contributed by atoms with van der Waals surface area (Å²) in [6, 6.07) is 0. The summed E-state index contributed by atoms with van der Waals surface area (Å²) >= 11 is 0. The molecular formula is C13H26N2O2S. The molecule has 1 atom stereocenters. The van der Waals surface area contributed by atoms with Gasteiger partial charge in [-0.2, -0.15) is 0 Å². The molecule has 1 saturated carbocycles. The molecule has 1 fully saturated rings. The Balaban J connectivity index is 2.44. The molecule has 0 aliphatic heterocycles. The maximum absolute atomic E-state index is 12.2. The van der Waals surface area contributed by atoms with E-state index in [4.69, 9.17) is 5.73 Å². The van der Waals surface area contributed by atoms with Gasteiger partial charge in [0.25, 0.3) is 0 Å². The smallest absolute Gasteiger partial charge is 0.227 e. The Morgan fingerprint density at radius 3 is 2.56 bits per heavy atom. The quantitative estimate of drug-likeness (QED) is 0.760. The van der Waals surface area contributed by atoms with E-state index in [1.807, 2.05) is 6.92 Å². The Hall–Kier alpha value is -0.420. The van der Waals surface area contributed by atoms with E-state index < -0.39 is 10.8 Å². The highest BCUT2D eigenvalue weighted by molar-refractivity contribution is 7.84. The van der Waals surface area contributed by atoms with Crippen molar-refractivity contribution in [3.63, 3.8) is 0 Å². The molecule has 4 nitrogen and oxygen atoms in total. The lowest BCUT2D eigenvalue weighted by atomic mass is 9.70. The third-order valence-electron chi connectivity index (χ3n) is 4.04. The van der Waals surface area contributed by atoms with E-state index in [1.165, 1.54) is 0 Å². The highest BCUT2D eigenvalue weighted by atomic mass is 32.2. The van der Waals surface area contributed by atoms with Crippen molar-refractivity contribution in [1.82, 2.24) is 5.32 Å². The predicted octanol–water partition coefficient (Wildman–Crippen LogP) is 1.03. The number of hydrogen-bond acceptors (Lipinski definition) is 3. The Bertz CT molecular complexity index is 299. The van der Waals surface area contributed by atoms with Crippen molar-refractivity contribution in [1.29, 1.82) is 0 Å². The van der Waals surface area contributed by atoms with Gasteiger partial charge < -0.3 is 11.1 Å². The minimum Gasteiger partial charge on any atom is -0.355 e. The van der Waals surface area contributed by atoms with Crippen LogP contribution in [0.15, 0.2) is 0 Å². The Morgan fingerprint density at radius 2 is 2.06 bits per heavy atom. The van der Waals surface area contributed by atoms with Crippen LogP contribution in [0, 0.1) is 11.3 Å². The van der Waals surface area contributed by atoms with Gasteiger partial charge in [-0.15, -0.1) is 0 Å². The van der Waals surface area contributed by atoms with E-state index in [2.05, 4.69) is 12.2 Å². The number of amides is 1. The maximum atomic E-state index is 12.2. The molecule has 0 radical (unpaired) electrons. The van der Waals surface area contributed by atoms with Crippen LogP contribution in [-0.4, -0.2) is 34.7 Å². The first-order valence-corrected chi connectivity index (χ1v) is 8.36. The zero-order chi connectivity index (χ0) is 13.6. The van der Waals surface area contributed by atoms with Crippen molar-refractivity contribution in [2.24, 2.45) is 17.1 Å². The molecule has 0 bridgehead atoms. The number of carbonyl (C=O) groups is 1. The molecule has 0 heterocycles. The zero-order valence-electron chi connectivity index (χ0n) is 11.5. The van der Waals surface area contributed by atoms with E-state index in [1.54, 1.807) is 0 Å². The van der Waals surface area contributed by atoms with Gasteiger partial charge in [-0.1, -0.05) is 13.8 Å². The van der Waals surface area contributed by atoms with Gasteiger partial charge in [0.1, 0.15) is 0 Å². The topological polar surface area (TPSA) is 72.2 Å². The standard InChI is InChI=1S/C13H26N2O2S/c1-3-18(17)9-8-15-12(16)13(10-14)6-4-11(2)5-7-13/h11H,3-10,14H2,1-2H3,(H,15,16). The summed E-state index contributed by atoms with van der Waals surface area (Å²) in [4.78, 5) is 12.2. The van der Waals surface area contributed by atoms with Crippen LogP contribution in [-0.2, 0) is 15.6 Å². The van der Waals surface area contributed by atoms with Crippen LogP contribution in [0.5, 0.6) is 0 Å². The predicted molar refractivity (Wildman–Crippen MR) is 75.7 cm³/mol. The van der Waals surface area contributed by atoms with Crippen LogP contribution >= 0.6 is 0 Å². The molecular weight excluding hydrogens is 248 g/mol. The molecule has 1 aliphatic rings. The van der Waals surface area contributed by atoms with Crippen LogP contribution in [0.1, 0.15) is 39.5 Å². The van der Waals surface area contributed by atoms with Crippen molar-refractivity contribution < 1.29 is 9.00 Å². The van der Waals surface area contributed by atoms with E-state index >= 15 is 0 Å². The summed E-state index contributed by atoms with van der Waals surface area (Å²) in [5, 5.41) is 2.91. The van der Waals surface area contributed by atoms with Crippen molar-refractivity contribution in [2.75, 3.05) is 24.6 Å². The van der Waals surface area contributed by atoms with Crippen LogP contribution in [0.25, 0.3) is 0 Å². The summed E-state index contributed by atoms with van der Waals surface area (Å²) in [6.07, 6.45) is 3.91. The number of nitrogens with two attached hydrogens (primary N) is 1. The van der Waals surface area contributed by atoms with Gasteiger partial charge >= 0.3 is 0 Å². The van der Waals surface area contributed by atoms with Gasteiger partial charge in [-0.3, -0.25) is 9.00 Å². The lowest BCUT2D eigenvalue weighted by Crippen LogP contribution is -2.48. The first-order chi connectivity index (χ1) is 8.54. The number of nitrogens with one attached hydrogen (secondary N) is 1. The monoisotopic (exact) mass is 274 g/mol. The molecule has 3 N–H and O–H groups in total. The average molecular weight is 274 g/mol. The van der Waals surface area contributed by atoms with Crippen molar-refractivity contribution in [3.8, 4) is 0 Å². The first-order valence-electron chi connectivity index (χ1n) is 6.87. The minimum atomic E-state index is -0.816. The van der Waals surface area contributed by atoms with E-state index in [0.717, 1.165) is 25.7 Å². The summed E-state index contributed by atoms with van der Waals surface area (Å²) in [7, 11) is -0.816. The van der Waals surface area contributed by atoms with Gasteiger partial charge in [0.2, 0.25) is 5.91 Å². The normalized spacial score (nSPS) is 29.8. The largest absolute Gasteiger partial charge is 0.355 e. The SMILES string of the molecule is CCS(=O)CCNC(=O)C1(CN)CCC(C)CC1. The number of carbonyl (C=O) groups excluding carboxylic acids is 1. The van der Waals surface area contributed by atoms with Crippen LogP contribution in [0.3, 0.4) is 0 Å². The summed E-state index contributed by atoms with van der Waals surface area (Å²) in [6.45, 7) is 5.03. The molecule has 106 valence electrons. The van der Waals surface area contributed by atoms with Crippen molar-refractivity contribution in [3.05, 3.63) is 0 Å². The Morgan fingerprint density at radius 1 is 1.44 bits per heavy atom. The molecule has 1 rings (SSSR count). The third kappa shape index (κ3) is 4.05. The van der Waals surface area contributed by atoms with Crippen LogP contribution in [0.2, 0.25) is 0 Å². The summed E-state index contributed by atoms with van der Waals surface area (Å²) in [5.41, 5.74) is 5.45. The third-order valence-corrected chi connectivity index (χ3v) is 5.34. The molecule has 0 aromatic heterocycles. The van der Waals surface area contributed by atoms with Crippen LogP contribution in [0.4, 0.5) is 0 Å². The average Bonchev–Trinajstić information content (AvgIpc) is 2.39. The molecule has 0 saturated heterocycles. The fourth-order valence-electron chi connectivity index (χ4n) is 2.45. The van der Waals surface area contributed by atoms with Gasteiger partial charge in [0, 0.05) is 35.4 Å². The highest BCUT2D eigenvalue weighted by Gasteiger charge is 2.39. The maximum Gasteiger partial charge on any atom is 0.227 e. The molecule has 0 aromatic rings. The van der Waals surface area contributed by atoms with E-state index in [9.17, 15) is 9.00 Å². The second-order valence-electron chi connectivity index (χ2n) is 5.36. The van der Waals surface area contributed by atoms with E-state index in [-0.39, 0.29) is 11.3 Å². The molecule has 1 aliphatic carbocycles. The minimum absolute atomic E-state index is 0.0602. The molecule has 1 amide bonds. The number of rotatable bonds is 6. The van der Waals surface area contributed by atoms with Crippen molar-refractivity contribution in [2.45, 2.75) is 39.5 Å². The Kier molecular flexibility index (Phi) is 6.29. The fraction of sp³-hybridized carbons (Fsp3) is 0.923. The molecule has 18 heavy (non-hydrogen) atoms. The summed E-state index contributed by atoms with van der Waals surface area (Å²) < 4.78 is 11.3. The van der Waals surface area contributed by atoms with Gasteiger partial charge in [0.05, 0.1) is 5.41 Å². The highest BCUT2D eigenvalue weighted by Crippen LogP contribution is 2.38. The lowest BCUT2D eigenvalue weighted by Gasteiger charge is -2.37. The summed E-state index contributed by atoms with van der Waals surface area (Å²) in [5.74, 6) is 1.95. The second kappa shape index (κ2) is 7.24. The molecule has 1 unspecified atom stereocenters. The van der Waals surface area contributed by atoms with E-state index in [0.29, 0.717) is 30.5 Å². The van der Waals surface area contributed by atoms with Crippen LogP contribution < -0.4 is 11.1 Å². The van der Waals surface area contributed by atoms with Gasteiger partial charge in [-0.05, 0) is 31.6 Å². The fourth-order valence-corrected chi connectivity index (χ4v) is 3.07. The molecule has 0 spiro atoms. The second-order valence-corrected chi connectivity index (χ2v) is 7.22. The molecule has 5 heteroatoms. The first kappa shape index (κ1) is 15.6. The zero-order valence-corrected chi connectivity index (χ0v) is 12.4. The lowest BCUT2D eigenvalue weighted by molar-refractivity contribution is -0.132. The van der Waals surface area contributed by atoms with Gasteiger partial charge in [-0.25, -0.2) is 0 Å². The Labute approximate surface area is 113 Å². The number of hydrogen-bond donors (Lipinski definition) is 2.